The van der Waals surface area contributed by atoms with Crippen LogP contribution in [0.3, 0.4) is 0 Å². The molecular formula is C14H19BrN2O3S. The van der Waals surface area contributed by atoms with E-state index in [1.807, 2.05) is 25.1 Å². The van der Waals surface area contributed by atoms with Crippen molar-refractivity contribution in [3.05, 3.63) is 28.2 Å². The monoisotopic (exact) mass is 374 g/mol. The molecule has 116 valence electrons. The minimum Gasteiger partial charge on any atom is -0.465 e. The number of carbonyl (C=O) groups excluding carboxylic acids is 2. The summed E-state index contributed by atoms with van der Waals surface area (Å²) < 4.78 is 5.79. The average molecular weight is 375 g/mol. The van der Waals surface area contributed by atoms with E-state index < -0.39 is 12.0 Å². The van der Waals surface area contributed by atoms with Crippen LogP contribution in [0.5, 0.6) is 0 Å². The number of thioether (sulfide) groups is 1. The smallest absolute Gasteiger partial charge is 0.323 e. The summed E-state index contributed by atoms with van der Waals surface area (Å²) in [6, 6.07) is 4.90. The van der Waals surface area contributed by atoms with Gasteiger partial charge in [0.2, 0.25) is 5.91 Å². The van der Waals surface area contributed by atoms with Crippen molar-refractivity contribution in [2.75, 3.05) is 23.4 Å². The van der Waals surface area contributed by atoms with Gasteiger partial charge in [0, 0.05) is 15.9 Å². The molecule has 0 heterocycles. The van der Waals surface area contributed by atoms with Gasteiger partial charge in [-0.1, -0.05) is 15.9 Å². The number of nitrogens with one attached hydrogen (secondary N) is 1. The fourth-order valence-corrected chi connectivity index (χ4v) is 2.53. The lowest BCUT2D eigenvalue weighted by Crippen LogP contribution is -2.35. The molecule has 0 saturated carbocycles. The Labute approximate surface area is 137 Å². The molecule has 3 N–H and O–H groups in total. The Morgan fingerprint density at radius 2 is 2.19 bits per heavy atom. The zero-order chi connectivity index (χ0) is 15.8. The summed E-state index contributed by atoms with van der Waals surface area (Å²) in [5.74, 6) is 0.0279. The normalized spacial score (nSPS) is 11.8. The van der Waals surface area contributed by atoms with Gasteiger partial charge in [-0.25, -0.2) is 0 Å². The number of benzene rings is 1. The van der Waals surface area contributed by atoms with Gasteiger partial charge in [-0.15, -0.1) is 11.8 Å². The highest BCUT2D eigenvalue weighted by atomic mass is 79.9. The fraction of sp³-hybridized carbons (Fsp3) is 0.429. The number of nitrogens with two attached hydrogens (primary N) is 1. The standard InChI is InChI=1S/C14H19BrN2O3S/c1-3-20-14(19)12(16)7-21-8-13(18)17-10-4-5-11(15)9(2)6-10/h4-6,12H,3,7-8,16H2,1-2H3,(H,17,18). The Morgan fingerprint density at radius 3 is 2.81 bits per heavy atom. The maximum atomic E-state index is 11.8. The lowest BCUT2D eigenvalue weighted by atomic mass is 10.2. The van der Waals surface area contributed by atoms with Crippen molar-refractivity contribution in [2.45, 2.75) is 19.9 Å². The van der Waals surface area contributed by atoms with E-state index in [4.69, 9.17) is 10.5 Å². The number of carbonyl (C=O) groups is 2. The highest BCUT2D eigenvalue weighted by molar-refractivity contribution is 9.10. The summed E-state index contributed by atoms with van der Waals surface area (Å²) in [7, 11) is 0. The van der Waals surface area contributed by atoms with Crippen molar-refractivity contribution < 1.29 is 14.3 Å². The predicted molar refractivity (Wildman–Crippen MR) is 89.4 cm³/mol. The van der Waals surface area contributed by atoms with E-state index >= 15 is 0 Å². The summed E-state index contributed by atoms with van der Waals surface area (Å²) in [4.78, 5) is 23.1. The highest BCUT2D eigenvalue weighted by Crippen LogP contribution is 2.20. The number of rotatable bonds is 7. The van der Waals surface area contributed by atoms with Gasteiger partial charge in [0.05, 0.1) is 12.4 Å². The molecule has 1 rings (SSSR count). The summed E-state index contributed by atoms with van der Waals surface area (Å²) >= 11 is 4.71. The molecule has 0 bridgehead atoms. The third kappa shape index (κ3) is 6.50. The second-order valence-corrected chi connectivity index (χ2v) is 6.27. The molecule has 0 spiro atoms. The van der Waals surface area contributed by atoms with Gasteiger partial charge >= 0.3 is 5.97 Å². The van der Waals surface area contributed by atoms with Crippen LogP contribution in [0.2, 0.25) is 0 Å². The second-order valence-electron chi connectivity index (χ2n) is 4.39. The molecule has 1 unspecified atom stereocenters. The number of ether oxygens (including phenoxy) is 1. The first-order valence-electron chi connectivity index (χ1n) is 6.50. The highest BCUT2D eigenvalue weighted by Gasteiger charge is 2.15. The van der Waals surface area contributed by atoms with Crippen LogP contribution in [-0.2, 0) is 14.3 Å². The predicted octanol–water partition coefficient (Wildman–Crippen LogP) is 2.32. The van der Waals surface area contributed by atoms with Crippen LogP contribution >= 0.6 is 27.7 Å². The number of aryl methyl sites for hydroxylation is 1. The minimum absolute atomic E-state index is 0.127. The van der Waals surface area contributed by atoms with Crippen LogP contribution < -0.4 is 11.1 Å². The van der Waals surface area contributed by atoms with Crippen molar-refractivity contribution in [1.82, 2.24) is 0 Å². The molecule has 0 saturated heterocycles. The number of anilines is 1. The van der Waals surface area contributed by atoms with Crippen molar-refractivity contribution in [3.8, 4) is 0 Å². The van der Waals surface area contributed by atoms with Gasteiger partial charge in [-0.05, 0) is 37.6 Å². The van der Waals surface area contributed by atoms with E-state index in [0.29, 0.717) is 12.4 Å². The number of hydrogen-bond acceptors (Lipinski definition) is 5. The Bertz CT molecular complexity index is 511. The van der Waals surface area contributed by atoms with Gasteiger partial charge in [0.25, 0.3) is 0 Å². The molecule has 1 atom stereocenters. The number of esters is 1. The third-order valence-corrected chi connectivity index (χ3v) is 4.51. The van der Waals surface area contributed by atoms with Gasteiger partial charge in [0.15, 0.2) is 0 Å². The van der Waals surface area contributed by atoms with Crippen LogP contribution in [0.4, 0.5) is 5.69 Å². The zero-order valence-electron chi connectivity index (χ0n) is 12.0. The molecule has 0 radical (unpaired) electrons. The molecule has 0 aromatic heterocycles. The first kappa shape index (κ1) is 18.0. The second kappa shape index (κ2) is 9.07. The lowest BCUT2D eigenvalue weighted by Gasteiger charge is -2.10. The van der Waals surface area contributed by atoms with Crippen LogP contribution in [0.25, 0.3) is 0 Å². The van der Waals surface area contributed by atoms with E-state index in [0.717, 1.165) is 15.7 Å². The van der Waals surface area contributed by atoms with Crippen LogP contribution in [0.1, 0.15) is 12.5 Å². The number of amides is 1. The summed E-state index contributed by atoms with van der Waals surface area (Å²) in [6.45, 7) is 3.98. The van der Waals surface area contributed by atoms with Gasteiger partial charge in [-0.2, -0.15) is 0 Å². The number of halogens is 1. The Hall–Kier alpha value is -1.05. The first-order valence-corrected chi connectivity index (χ1v) is 8.44. The van der Waals surface area contributed by atoms with E-state index in [9.17, 15) is 9.59 Å². The van der Waals surface area contributed by atoms with Crippen LogP contribution in [0, 0.1) is 6.92 Å². The third-order valence-electron chi connectivity index (χ3n) is 2.56. The SMILES string of the molecule is CCOC(=O)C(N)CSCC(=O)Nc1ccc(Br)c(C)c1. The van der Waals surface area contributed by atoms with E-state index in [2.05, 4.69) is 21.2 Å². The maximum absolute atomic E-state index is 11.8. The van der Waals surface area contributed by atoms with Crippen LogP contribution in [0.15, 0.2) is 22.7 Å². The van der Waals surface area contributed by atoms with Crippen LogP contribution in [-0.4, -0.2) is 36.0 Å². The van der Waals surface area contributed by atoms with Crippen molar-refractivity contribution in [3.63, 3.8) is 0 Å². The quantitative estimate of drug-likeness (QED) is 0.715. The van der Waals surface area contributed by atoms with Crippen molar-refractivity contribution >= 4 is 45.3 Å². The summed E-state index contributed by atoms with van der Waals surface area (Å²) in [5, 5.41) is 2.80. The minimum atomic E-state index is -0.697. The Balaban J connectivity index is 2.34. The Morgan fingerprint density at radius 1 is 1.48 bits per heavy atom. The number of hydrogen-bond donors (Lipinski definition) is 2. The van der Waals surface area contributed by atoms with Crippen molar-refractivity contribution in [2.24, 2.45) is 5.73 Å². The molecule has 5 nitrogen and oxygen atoms in total. The van der Waals surface area contributed by atoms with Gasteiger partial charge < -0.3 is 15.8 Å². The molecule has 0 aliphatic rings. The molecule has 0 aliphatic heterocycles. The maximum Gasteiger partial charge on any atom is 0.323 e. The molecule has 7 heteroatoms. The van der Waals surface area contributed by atoms with Gasteiger partial charge in [0.1, 0.15) is 6.04 Å². The first-order chi connectivity index (χ1) is 9.93. The van der Waals surface area contributed by atoms with E-state index in [1.165, 1.54) is 11.8 Å². The topological polar surface area (TPSA) is 81.4 Å². The van der Waals surface area contributed by atoms with E-state index in [1.54, 1.807) is 6.92 Å². The average Bonchev–Trinajstić information content (AvgIpc) is 2.43. The summed E-state index contributed by atoms with van der Waals surface area (Å²) in [5.41, 5.74) is 7.44. The molecule has 21 heavy (non-hydrogen) atoms. The molecule has 1 aromatic carbocycles. The molecule has 0 fully saturated rings. The van der Waals surface area contributed by atoms with Crippen molar-refractivity contribution in [1.29, 1.82) is 0 Å². The van der Waals surface area contributed by atoms with E-state index in [-0.39, 0.29) is 11.7 Å². The molecule has 1 aromatic rings. The van der Waals surface area contributed by atoms with Gasteiger partial charge in [-0.3, -0.25) is 9.59 Å². The lowest BCUT2D eigenvalue weighted by molar-refractivity contribution is -0.144. The fourth-order valence-electron chi connectivity index (χ4n) is 1.52. The summed E-state index contributed by atoms with van der Waals surface area (Å²) in [6.07, 6.45) is 0. The molecular weight excluding hydrogens is 356 g/mol. The molecule has 1 amide bonds. The Kier molecular flexibility index (Phi) is 7.77. The molecule has 0 aliphatic carbocycles. The zero-order valence-corrected chi connectivity index (χ0v) is 14.4. The largest absolute Gasteiger partial charge is 0.465 e.